The highest BCUT2D eigenvalue weighted by Gasteiger charge is 2.24. The van der Waals surface area contributed by atoms with Gasteiger partial charge in [-0.2, -0.15) is 0 Å². The standard InChI is InChI=1S/C10H12N2O3S/c13-8(3-6-1-2-6)12-10-11-7(5-16-10)4-9(14)15/h5-6H,1-4H2,(H,14,15)(H,11,12,13). The number of hydrogen-bond acceptors (Lipinski definition) is 4. The molecule has 0 spiro atoms. The van der Waals surface area contributed by atoms with E-state index in [9.17, 15) is 9.59 Å². The van der Waals surface area contributed by atoms with Crippen LogP contribution in [0.5, 0.6) is 0 Å². The van der Waals surface area contributed by atoms with Crippen LogP contribution in [0.25, 0.3) is 0 Å². The predicted molar refractivity (Wildman–Crippen MR) is 59.4 cm³/mol. The highest BCUT2D eigenvalue weighted by Crippen LogP contribution is 2.32. The molecule has 0 atom stereocenters. The average Bonchev–Trinajstić information content (AvgIpc) is 2.87. The smallest absolute Gasteiger partial charge is 0.309 e. The van der Waals surface area contributed by atoms with Crippen molar-refractivity contribution in [2.75, 3.05) is 5.32 Å². The Labute approximate surface area is 96.5 Å². The van der Waals surface area contributed by atoms with Gasteiger partial charge in [0.1, 0.15) is 0 Å². The van der Waals surface area contributed by atoms with Crippen molar-refractivity contribution in [2.45, 2.75) is 25.7 Å². The van der Waals surface area contributed by atoms with E-state index in [1.165, 1.54) is 11.3 Å². The number of amides is 1. The minimum Gasteiger partial charge on any atom is -0.481 e. The van der Waals surface area contributed by atoms with Gasteiger partial charge >= 0.3 is 5.97 Å². The summed E-state index contributed by atoms with van der Waals surface area (Å²) in [6, 6.07) is 0. The summed E-state index contributed by atoms with van der Waals surface area (Å²) in [5, 5.41) is 13.4. The van der Waals surface area contributed by atoms with E-state index in [-0.39, 0.29) is 12.3 Å². The number of carboxylic acid groups (broad SMARTS) is 1. The lowest BCUT2D eigenvalue weighted by Crippen LogP contribution is -2.11. The lowest BCUT2D eigenvalue weighted by Gasteiger charge is -1.98. The van der Waals surface area contributed by atoms with Crippen LogP contribution in [0, 0.1) is 5.92 Å². The normalized spacial score (nSPS) is 14.8. The summed E-state index contributed by atoms with van der Waals surface area (Å²) in [4.78, 5) is 25.9. The number of anilines is 1. The molecule has 0 aliphatic heterocycles. The van der Waals surface area contributed by atoms with Gasteiger partial charge in [-0.3, -0.25) is 9.59 Å². The van der Waals surface area contributed by atoms with E-state index in [4.69, 9.17) is 5.11 Å². The van der Waals surface area contributed by atoms with Crippen LogP contribution in [0.15, 0.2) is 5.38 Å². The molecule has 0 radical (unpaired) electrons. The lowest BCUT2D eigenvalue weighted by molar-refractivity contribution is -0.136. The van der Waals surface area contributed by atoms with Gasteiger partial charge in [-0.1, -0.05) is 0 Å². The summed E-state index contributed by atoms with van der Waals surface area (Å²) in [7, 11) is 0. The second-order valence-corrected chi connectivity index (χ2v) is 4.77. The first-order chi connectivity index (χ1) is 7.63. The zero-order valence-corrected chi connectivity index (χ0v) is 9.42. The first-order valence-corrected chi connectivity index (χ1v) is 5.97. The molecule has 1 amide bonds. The molecule has 0 aromatic carbocycles. The van der Waals surface area contributed by atoms with Crippen LogP contribution in [-0.4, -0.2) is 22.0 Å². The molecule has 1 heterocycles. The number of nitrogens with one attached hydrogen (secondary N) is 1. The van der Waals surface area contributed by atoms with Gasteiger partial charge in [0.15, 0.2) is 5.13 Å². The summed E-state index contributed by atoms with van der Waals surface area (Å²) in [6.45, 7) is 0. The second-order valence-electron chi connectivity index (χ2n) is 3.91. The molecule has 16 heavy (non-hydrogen) atoms. The fraction of sp³-hybridized carbons (Fsp3) is 0.500. The van der Waals surface area contributed by atoms with E-state index in [1.807, 2.05) is 0 Å². The van der Waals surface area contributed by atoms with Gasteiger partial charge in [0, 0.05) is 11.8 Å². The maximum Gasteiger partial charge on any atom is 0.309 e. The molecule has 1 aliphatic rings. The third kappa shape index (κ3) is 3.30. The second kappa shape index (κ2) is 4.61. The first-order valence-electron chi connectivity index (χ1n) is 5.09. The molecule has 0 bridgehead atoms. The van der Waals surface area contributed by atoms with Crippen molar-refractivity contribution in [1.29, 1.82) is 0 Å². The van der Waals surface area contributed by atoms with Crippen molar-refractivity contribution < 1.29 is 14.7 Å². The van der Waals surface area contributed by atoms with Crippen molar-refractivity contribution in [2.24, 2.45) is 5.92 Å². The highest BCUT2D eigenvalue weighted by molar-refractivity contribution is 7.13. The number of hydrogen-bond donors (Lipinski definition) is 2. The Bertz CT molecular complexity index is 412. The van der Waals surface area contributed by atoms with E-state index < -0.39 is 5.97 Å². The zero-order chi connectivity index (χ0) is 11.5. The number of nitrogens with zero attached hydrogens (tertiary/aromatic N) is 1. The fourth-order valence-electron chi connectivity index (χ4n) is 1.35. The third-order valence-electron chi connectivity index (χ3n) is 2.30. The number of carboxylic acids is 1. The van der Waals surface area contributed by atoms with Crippen LogP contribution >= 0.6 is 11.3 Å². The largest absolute Gasteiger partial charge is 0.481 e. The van der Waals surface area contributed by atoms with Gasteiger partial charge in [0.2, 0.25) is 5.91 Å². The Kier molecular flexibility index (Phi) is 3.19. The number of carbonyl (C=O) groups excluding carboxylic acids is 1. The summed E-state index contributed by atoms with van der Waals surface area (Å²) < 4.78 is 0. The lowest BCUT2D eigenvalue weighted by atomic mass is 10.3. The summed E-state index contributed by atoms with van der Waals surface area (Å²) in [6.07, 6.45) is 2.72. The van der Waals surface area contributed by atoms with E-state index in [1.54, 1.807) is 5.38 Å². The van der Waals surface area contributed by atoms with Gasteiger partial charge in [-0.15, -0.1) is 11.3 Å². The van der Waals surface area contributed by atoms with Crippen LogP contribution in [0.2, 0.25) is 0 Å². The SMILES string of the molecule is O=C(O)Cc1csc(NC(=O)CC2CC2)n1. The Morgan fingerprint density at radius 1 is 1.56 bits per heavy atom. The van der Waals surface area contributed by atoms with Gasteiger partial charge in [0.25, 0.3) is 0 Å². The molecule has 0 unspecified atom stereocenters. The topological polar surface area (TPSA) is 79.3 Å². The zero-order valence-electron chi connectivity index (χ0n) is 8.60. The molecule has 5 nitrogen and oxygen atoms in total. The Morgan fingerprint density at radius 2 is 2.31 bits per heavy atom. The fourth-order valence-corrected chi connectivity index (χ4v) is 2.08. The van der Waals surface area contributed by atoms with Crippen molar-refractivity contribution in [3.05, 3.63) is 11.1 Å². The molecular weight excluding hydrogens is 228 g/mol. The van der Waals surface area contributed by atoms with E-state index in [0.29, 0.717) is 23.2 Å². The molecule has 1 aromatic rings. The van der Waals surface area contributed by atoms with Crippen molar-refractivity contribution in [3.8, 4) is 0 Å². The number of aromatic nitrogens is 1. The van der Waals surface area contributed by atoms with Crippen molar-refractivity contribution in [1.82, 2.24) is 4.98 Å². The predicted octanol–water partition coefficient (Wildman–Crippen LogP) is 1.51. The Hall–Kier alpha value is -1.43. The molecule has 1 fully saturated rings. The number of thiazole rings is 1. The van der Waals surface area contributed by atoms with Gasteiger partial charge in [-0.25, -0.2) is 4.98 Å². The minimum absolute atomic E-state index is 0.0290. The van der Waals surface area contributed by atoms with Crippen LogP contribution in [0.3, 0.4) is 0 Å². The monoisotopic (exact) mass is 240 g/mol. The maximum absolute atomic E-state index is 11.4. The molecule has 2 N–H and O–H groups in total. The molecule has 6 heteroatoms. The van der Waals surface area contributed by atoms with Gasteiger partial charge in [-0.05, 0) is 18.8 Å². The van der Waals surface area contributed by atoms with Crippen LogP contribution in [0.4, 0.5) is 5.13 Å². The van der Waals surface area contributed by atoms with Crippen LogP contribution in [0.1, 0.15) is 25.0 Å². The molecule has 0 saturated heterocycles. The molecule has 1 aromatic heterocycles. The van der Waals surface area contributed by atoms with Gasteiger partial charge < -0.3 is 10.4 Å². The molecule has 2 rings (SSSR count). The molecule has 86 valence electrons. The summed E-state index contributed by atoms with van der Waals surface area (Å²) >= 11 is 1.26. The minimum atomic E-state index is -0.916. The van der Waals surface area contributed by atoms with E-state index >= 15 is 0 Å². The maximum atomic E-state index is 11.4. The number of aliphatic carboxylic acids is 1. The molecule has 1 saturated carbocycles. The van der Waals surface area contributed by atoms with Crippen LogP contribution < -0.4 is 5.32 Å². The number of carbonyl (C=O) groups is 2. The molecular formula is C10H12N2O3S. The molecule has 1 aliphatic carbocycles. The quantitative estimate of drug-likeness (QED) is 0.817. The third-order valence-corrected chi connectivity index (χ3v) is 3.11. The summed E-state index contributed by atoms with van der Waals surface area (Å²) in [5.41, 5.74) is 0.485. The highest BCUT2D eigenvalue weighted by atomic mass is 32.1. The van der Waals surface area contributed by atoms with E-state index in [2.05, 4.69) is 10.3 Å². The van der Waals surface area contributed by atoms with Crippen molar-refractivity contribution in [3.63, 3.8) is 0 Å². The van der Waals surface area contributed by atoms with Gasteiger partial charge in [0.05, 0.1) is 12.1 Å². The van der Waals surface area contributed by atoms with Crippen LogP contribution in [-0.2, 0) is 16.0 Å². The average molecular weight is 240 g/mol. The Morgan fingerprint density at radius 3 is 2.94 bits per heavy atom. The summed E-state index contributed by atoms with van der Waals surface area (Å²) in [5.74, 6) is -0.404. The first kappa shape index (κ1) is 11.1. The van der Waals surface area contributed by atoms with Crippen molar-refractivity contribution >= 4 is 28.3 Å². The Balaban J connectivity index is 1.86. The number of rotatable bonds is 5. The van der Waals surface area contributed by atoms with E-state index in [0.717, 1.165) is 12.8 Å².